The minimum absolute atomic E-state index is 0.675. The average Bonchev–Trinajstić information content (AvgIpc) is 2.20. The summed E-state index contributed by atoms with van der Waals surface area (Å²) >= 11 is 5.97. The second kappa shape index (κ2) is 6.87. The van der Waals surface area contributed by atoms with Gasteiger partial charge in [-0.3, -0.25) is 0 Å². The summed E-state index contributed by atoms with van der Waals surface area (Å²) in [7, 11) is 0. The van der Waals surface area contributed by atoms with Gasteiger partial charge in [-0.15, -0.1) is 0 Å². The lowest BCUT2D eigenvalue weighted by molar-refractivity contribution is 0.307. The maximum absolute atomic E-state index is 5.97. The Morgan fingerprint density at radius 3 is 2.35 bits per heavy atom. The van der Waals surface area contributed by atoms with Gasteiger partial charge in [-0.25, -0.2) is 0 Å². The lowest BCUT2D eigenvalue weighted by Gasteiger charge is -2.13. The van der Waals surface area contributed by atoms with Crippen molar-refractivity contribution in [3.8, 4) is 5.75 Å². The Balaban J connectivity index is 2.42. The maximum atomic E-state index is 5.97. The quantitative estimate of drug-likeness (QED) is 0.785. The summed E-state index contributed by atoms with van der Waals surface area (Å²) in [6.45, 7) is 11.0. The van der Waals surface area contributed by atoms with Gasteiger partial charge in [-0.05, 0) is 49.6 Å². The van der Waals surface area contributed by atoms with Crippen molar-refractivity contribution in [3.63, 3.8) is 0 Å². The van der Waals surface area contributed by atoms with Gasteiger partial charge in [0.1, 0.15) is 12.4 Å². The van der Waals surface area contributed by atoms with Gasteiger partial charge in [0.2, 0.25) is 0 Å². The van der Waals surface area contributed by atoms with E-state index < -0.39 is 0 Å². The molecule has 0 amide bonds. The van der Waals surface area contributed by atoms with Crippen molar-refractivity contribution in [3.05, 3.63) is 28.3 Å². The smallest absolute Gasteiger partial charge is 0.125 e. The Hall–Kier alpha value is -0.730. The first-order valence-electron chi connectivity index (χ1n) is 6.11. The van der Waals surface area contributed by atoms with Crippen LogP contribution in [0.2, 0.25) is 5.02 Å². The molecule has 0 radical (unpaired) electrons. The molecule has 0 aromatic heterocycles. The molecule has 0 aliphatic carbocycles. The summed E-state index contributed by atoms with van der Waals surface area (Å²) in [6, 6.07) is 3.87. The van der Waals surface area contributed by atoms with E-state index in [0.717, 1.165) is 35.0 Å². The number of benzene rings is 1. The molecular weight excluding hydrogens is 234 g/mol. The first kappa shape index (κ1) is 14.3. The first-order chi connectivity index (χ1) is 8.00. The van der Waals surface area contributed by atoms with E-state index in [1.165, 1.54) is 0 Å². The van der Waals surface area contributed by atoms with Gasteiger partial charge in [-0.1, -0.05) is 25.4 Å². The van der Waals surface area contributed by atoms with Crippen LogP contribution in [-0.2, 0) is 0 Å². The van der Waals surface area contributed by atoms with Crippen molar-refractivity contribution >= 4 is 11.6 Å². The summed E-state index contributed by atoms with van der Waals surface area (Å²) in [4.78, 5) is 0. The summed E-state index contributed by atoms with van der Waals surface area (Å²) in [5.41, 5.74) is 2.19. The molecule has 0 fully saturated rings. The van der Waals surface area contributed by atoms with E-state index in [4.69, 9.17) is 16.3 Å². The fourth-order valence-electron chi connectivity index (χ4n) is 1.74. The first-order valence-corrected chi connectivity index (χ1v) is 6.48. The highest BCUT2D eigenvalue weighted by molar-refractivity contribution is 6.30. The Kier molecular flexibility index (Phi) is 5.79. The van der Waals surface area contributed by atoms with Crippen LogP contribution in [0.3, 0.4) is 0 Å². The fraction of sp³-hybridized carbons (Fsp3) is 0.571. The molecule has 0 aliphatic heterocycles. The summed E-state index contributed by atoms with van der Waals surface area (Å²) < 4.78 is 5.78. The highest BCUT2D eigenvalue weighted by Crippen LogP contribution is 2.26. The molecule has 0 aliphatic rings. The molecule has 0 bridgehead atoms. The monoisotopic (exact) mass is 255 g/mol. The zero-order valence-electron chi connectivity index (χ0n) is 11.1. The van der Waals surface area contributed by atoms with Crippen LogP contribution < -0.4 is 10.1 Å². The molecule has 1 N–H and O–H groups in total. The lowest BCUT2D eigenvalue weighted by Crippen LogP contribution is -2.25. The summed E-state index contributed by atoms with van der Waals surface area (Å²) in [5, 5.41) is 4.12. The molecule has 17 heavy (non-hydrogen) atoms. The van der Waals surface area contributed by atoms with Crippen LogP contribution in [0.1, 0.15) is 25.0 Å². The van der Waals surface area contributed by atoms with Crippen LogP contribution >= 0.6 is 11.6 Å². The Labute approximate surface area is 109 Å². The minimum Gasteiger partial charge on any atom is -0.492 e. The van der Waals surface area contributed by atoms with Crippen molar-refractivity contribution in [2.75, 3.05) is 19.7 Å². The van der Waals surface area contributed by atoms with Gasteiger partial charge in [-0.2, -0.15) is 0 Å². The molecule has 0 atom stereocenters. The Morgan fingerprint density at radius 2 is 1.82 bits per heavy atom. The number of ether oxygens (including phenoxy) is 1. The third kappa shape index (κ3) is 4.97. The molecule has 1 aromatic rings. The molecule has 3 heteroatoms. The molecule has 0 saturated heterocycles. The standard InChI is InChI=1S/C14H22ClNO/c1-10(2)9-16-5-6-17-14-11(3)7-13(15)8-12(14)4/h7-8,10,16H,5-6,9H2,1-4H3. The normalized spacial score (nSPS) is 10.9. The third-order valence-electron chi connectivity index (χ3n) is 2.50. The maximum Gasteiger partial charge on any atom is 0.125 e. The van der Waals surface area contributed by atoms with Gasteiger partial charge in [0, 0.05) is 11.6 Å². The van der Waals surface area contributed by atoms with E-state index in [9.17, 15) is 0 Å². The van der Waals surface area contributed by atoms with Crippen LogP contribution in [-0.4, -0.2) is 19.7 Å². The average molecular weight is 256 g/mol. The number of nitrogens with one attached hydrogen (secondary N) is 1. The second-order valence-electron chi connectivity index (χ2n) is 4.82. The van der Waals surface area contributed by atoms with Crippen LogP contribution in [0.4, 0.5) is 0 Å². The van der Waals surface area contributed by atoms with E-state index in [-0.39, 0.29) is 0 Å². The molecular formula is C14H22ClNO. The topological polar surface area (TPSA) is 21.3 Å². The van der Waals surface area contributed by atoms with Crippen LogP contribution in [0.15, 0.2) is 12.1 Å². The van der Waals surface area contributed by atoms with Gasteiger partial charge in [0.15, 0.2) is 0 Å². The van der Waals surface area contributed by atoms with E-state index in [1.807, 2.05) is 26.0 Å². The Morgan fingerprint density at radius 1 is 1.24 bits per heavy atom. The molecule has 0 heterocycles. The largest absolute Gasteiger partial charge is 0.492 e. The van der Waals surface area contributed by atoms with Crippen LogP contribution in [0, 0.1) is 19.8 Å². The van der Waals surface area contributed by atoms with Gasteiger partial charge in [0.05, 0.1) is 0 Å². The predicted molar refractivity (Wildman–Crippen MR) is 74.1 cm³/mol. The van der Waals surface area contributed by atoms with Crippen LogP contribution in [0.25, 0.3) is 0 Å². The Bertz CT molecular complexity index is 340. The second-order valence-corrected chi connectivity index (χ2v) is 5.25. The van der Waals surface area contributed by atoms with Crippen molar-refractivity contribution in [2.45, 2.75) is 27.7 Å². The van der Waals surface area contributed by atoms with Gasteiger partial charge >= 0.3 is 0 Å². The fourth-order valence-corrected chi connectivity index (χ4v) is 2.07. The summed E-state index contributed by atoms with van der Waals surface area (Å²) in [5.74, 6) is 1.63. The molecule has 1 rings (SSSR count). The zero-order chi connectivity index (χ0) is 12.8. The SMILES string of the molecule is Cc1cc(Cl)cc(C)c1OCCNCC(C)C. The molecule has 0 saturated carbocycles. The number of aryl methyl sites for hydroxylation is 2. The zero-order valence-corrected chi connectivity index (χ0v) is 11.9. The molecule has 96 valence electrons. The predicted octanol–water partition coefficient (Wildman–Crippen LogP) is 3.58. The van der Waals surface area contributed by atoms with Crippen molar-refractivity contribution in [2.24, 2.45) is 5.92 Å². The number of rotatable bonds is 6. The molecule has 0 spiro atoms. The molecule has 2 nitrogen and oxygen atoms in total. The third-order valence-corrected chi connectivity index (χ3v) is 2.72. The van der Waals surface area contributed by atoms with Crippen molar-refractivity contribution in [1.29, 1.82) is 0 Å². The number of hydrogen-bond acceptors (Lipinski definition) is 2. The van der Waals surface area contributed by atoms with Crippen molar-refractivity contribution in [1.82, 2.24) is 5.32 Å². The lowest BCUT2D eigenvalue weighted by atomic mass is 10.1. The van der Waals surface area contributed by atoms with E-state index in [1.54, 1.807) is 0 Å². The summed E-state index contributed by atoms with van der Waals surface area (Å²) in [6.07, 6.45) is 0. The molecule has 0 unspecified atom stereocenters. The van der Waals surface area contributed by atoms with Gasteiger partial charge in [0.25, 0.3) is 0 Å². The number of hydrogen-bond donors (Lipinski definition) is 1. The van der Waals surface area contributed by atoms with Crippen LogP contribution in [0.5, 0.6) is 5.75 Å². The highest BCUT2D eigenvalue weighted by Gasteiger charge is 2.05. The van der Waals surface area contributed by atoms with Gasteiger partial charge < -0.3 is 10.1 Å². The van der Waals surface area contributed by atoms with E-state index in [2.05, 4.69) is 19.2 Å². The van der Waals surface area contributed by atoms with Crippen molar-refractivity contribution < 1.29 is 4.74 Å². The minimum atomic E-state index is 0.675. The highest BCUT2D eigenvalue weighted by atomic mass is 35.5. The molecule has 1 aromatic carbocycles. The number of halogens is 1. The van der Waals surface area contributed by atoms with E-state index >= 15 is 0 Å². The van der Waals surface area contributed by atoms with E-state index in [0.29, 0.717) is 12.5 Å².